The van der Waals surface area contributed by atoms with E-state index in [2.05, 4.69) is 31.0 Å². The highest BCUT2D eigenvalue weighted by Crippen LogP contribution is 2.26. The molecule has 7 heteroatoms. The highest BCUT2D eigenvalue weighted by molar-refractivity contribution is 7.99. The topological polar surface area (TPSA) is 68.4 Å². The molecule has 0 aliphatic rings. The van der Waals surface area contributed by atoms with Gasteiger partial charge in [-0.15, -0.1) is 10.2 Å². The molecule has 3 rings (SSSR count). The Morgan fingerprint density at radius 3 is 2.39 bits per heavy atom. The fourth-order valence-electron chi connectivity index (χ4n) is 2.44. The molecule has 0 fully saturated rings. The number of aliphatic hydroxyl groups is 1. The van der Waals surface area contributed by atoms with Crippen molar-refractivity contribution < 1.29 is 14.3 Å². The summed E-state index contributed by atoms with van der Waals surface area (Å²) in [5.74, 6) is 1.55. The van der Waals surface area contributed by atoms with E-state index >= 15 is 0 Å². The molecule has 1 atom stereocenters. The maximum atomic E-state index is 10.2. The van der Waals surface area contributed by atoms with Crippen molar-refractivity contribution >= 4 is 23.4 Å². The molecule has 1 aromatic heterocycles. The predicted molar refractivity (Wildman–Crippen MR) is 112 cm³/mol. The lowest BCUT2D eigenvalue weighted by Gasteiger charge is -2.19. The Kier molecular flexibility index (Phi) is 6.65. The van der Waals surface area contributed by atoms with Gasteiger partial charge in [0.1, 0.15) is 12.4 Å². The second-order valence-corrected chi connectivity index (χ2v) is 8.84. The van der Waals surface area contributed by atoms with Gasteiger partial charge in [-0.2, -0.15) is 0 Å². The fourth-order valence-corrected chi connectivity index (χ4v) is 3.23. The van der Waals surface area contributed by atoms with Gasteiger partial charge < -0.3 is 14.3 Å². The second-order valence-electron chi connectivity index (χ2n) is 7.43. The van der Waals surface area contributed by atoms with Gasteiger partial charge in [-0.3, -0.25) is 0 Å². The van der Waals surface area contributed by atoms with E-state index < -0.39 is 6.10 Å². The highest BCUT2D eigenvalue weighted by atomic mass is 35.5. The summed E-state index contributed by atoms with van der Waals surface area (Å²) in [6, 6.07) is 15.1. The summed E-state index contributed by atoms with van der Waals surface area (Å²) in [7, 11) is 0. The molecule has 0 radical (unpaired) electrons. The number of hydrogen-bond acceptors (Lipinski definition) is 6. The number of hydrogen-bond donors (Lipinski definition) is 1. The molecule has 5 nitrogen and oxygen atoms in total. The van der Waals surface area contributed by atoms with Crippen LogP contribution >= 0.6 is 23.4 Å². The standard InChI is InChI=1S/C21H23ClN2O3S/c1-21(2,3)15-6-10-18(11-7-15)26-12-17(25)13-28-20-24-23-19(27-20)14-4-8-16(22)9-5-14/h4-11,17,25H,12-13H2,1-3H3/t17-/m0/s1. The summed E-state index contributed by atoms with van der Waals surface area (Å²) in [5, 5.41) is 19.2. The van der Waals surface area contributed by atoms with E-state index in [-0.39, 0.29) is 12.0 Å². The average Bonchev–Trinajstić information content (AvgIpc) is 3.14. The third kappa shape index (κ3) is 5.74. The number of thioether (sulfide) groups is 1. The molecule has 28 heavy (non-hydrogen) atoms. The van der Waals surface area contributed by atoms with Gasteiger partial charge in [0.25, 0.3) is 5.22 Å². The minimum atomic E-state index is -0.654. The molecular formula is C21H23ClN2O3S. The van der Waals surface area contributed by atoms with Crippen molar-refractivity contribution in [3.05, 3.63) is 59.1 Å². The lowest BCUT2D eigenvalue weighted by molar-refractivity contribution is 0.126. The SMILES string of the molecule is CC(C)(C)c1ccc(OC[C@H](O)CSc2nnc(-c3ccc(Cl)cc3)o2)cc1. The maximum absolute atomic E-state index is 10.2. The molecule has 0 saturated heterocycles. The van der Waals surface area contributed by atoms with Crippen molar-refractivity contribution in [1.29, 1.82) is 0 Å². The smallest absolute Gasteiger partial charge is 0.276 e. The van der Waals surface area contributed by atoms with Crippen LogP contribution in [0.1, 0.15) is 26.3 Å². The van der Waals surface area contributed by atoms with Crippen LogP contribution in [0.4, 0.5) is 0 Å². The van der Waals surface area contributed by atoms with Crippen molar-refractivity contribution in [2.24, 2.45) is 0 Å². The van der Waals surface area contributed by atoms with E-state index in [9.17, 15) is 5.11 Å². The first kappa shape index (κ1) is 20.7. The van der Waals surface area contributed by atoms with E-state index in [0.717, 1.165) is 11.3 Å². The molecule has 0 bridgehead atoms. The zero-order chi connectivity index (χ0) is 20.1. The first-order valence-corrected chi connectivity index (χ1v) is 10.3. The average molecular weight is 419 g/mol. The van der Waals surface area contributed by atoms with E-state index in [1.807, 2.05) is 36.4 Å². The Balaban J connectivity index is 1.47. The molecule has 0 saturated carbocycles. The summed E-state index contributed by atoms with van der Waals surface area (Å²) in [6.07, 6.45) is -0.654. The third-order valence-electron chi connectivity index (χ3n) is 4.06. The van der Waals surface area contributed by atoms with E-state index in [1.54, 1.807) is 12.1 Å². The highest BCUT2D eigenvalue weighted by Gasteiger charge is 2.14. The summed E-state index contributed by atoms with van der Waals surface area (Å²) in [5.41, 5.74) is 2.14. The minimum absolute atomic E-state index is 0.101. The van der Waals surface area contributed by atoms with Gasteiger partial charge in [0.2, 0.25) is 5.89 Å². The van der Waals surface area contributed by atoms with Crippen LogP contribution in [0.3, 0.4) is 0 Å². The van der Waals surface area contributed by atoms with E-state index in [4.69, 9.17) is 20.8 Å². The van der Waals surface area contributed by atoms with E-state index in [1.165, 1.54) is 17.3 Å². The van der Waals surface area contributed by atoms with Gasteiger partial charge in [0.15, 0.2) is 0 Å². The van der Waals surface area contributed by atoms with Crippen molar-refractivity contribution in [3.8, 4) is 17.2 Å². The molecule has 3 aromatic rings. The van der Waals surface area contributed by atoms with Crippen molar-refractivity contribution in [2.75, 3.05) is 12.4 Å². The van der Waals surface area contributed by atoms with Crippen LogP contribution in [-0.4, -0.2) is 33.8 Å². The van der Waals surface area contributed by atoms with Crippen LogP contribution in [0.2, 0.25) is 5.02 Å². The molecule has 2 aromatic carbocycles. The van der Waals surface area contributed by atoms with Crippen molar-refractivity contribution in [1.82, 2.24) is 10.2 Å². The number of aliphatic hydroxyl groups excluding tert-OH is 1. The number of aromatic nitrogens is 2. The summed E-state index contributed by atoms with van der Waals surface area (Å²) < 4.78 is 11.3. The zero-order valence-corrected chi connectivity index (χ0v) is 17.6. The molecular weight excluding hydrogens is 396 g/mol. The van der Waals surface area contributed by atoms with Crippen LogP contribution in [0.5, 0.6) is 5.75 Å². The van der Waals surface area contributed by atoms with Gasteiger partial charge in [-0.25, -0.2) is 0 Å². The lowest BCUT2D eigenvalue weighted by atomic mass is 9.87. The normalized spacial score (nSPS) is 12.8. The molecule has 1 heterocycles. The zero-order valence-electron chi connectivity index (χ0n) is 16.1. The minimum Gasteiger partial charge on any atom is -0.491 e. The molecule has 148 valence electrons. The van der Waals surface area contributed by atoms with Gasteiger partial charge in [0.05, 0.1) is 6.10 Å². The number of rotatable bonds is 7. The molecule has 0 aliphatic heterocycles. The number of nitrogens with zero attached hydrogens (tertiary/aromatic N) is 2. The largest absolute Gasteiger partial charge is 0.491 e. The van der Waals surface area contributed by atoms with Gasteiger partial charge in [-0.05, 0) is 47.4 Å². The van der Waals surface area contributed by atoms with Gasteiger partial charge >= 0.3 is 0 Å². The summed E-state index contributed by atoms with van der Waals surface area (Å²) in [6.45, 7) is 6.69. The van der Waals surface area contributed by atoms with Crippen molar-refractivity contribution in [2.45, 2.75) is 37.5 Å². The van der Waals surface area contributed by atoms with Crippen molar-refractivity contribution in [3.63, 3.8) is 0 Å². The monoisotopic (exact) mass is 418 g/mol. The van der Waals surface area contributed by atoms with Crippen LogP contribution in [-0.2, 0) is 5.41 Å². The summed E-state index contributed by atoms with van der Waals surface area (Å²) >= 11 is 7.17. The van der Waals surface area contributed by atoms with Gasteiger partial charge in [0, 0.05) is 16.3 Å². The molecule has 0 unspecified atom stereocenters. The molecule has 0 spiro atoms. The Bertz CT molecular complexity index is 889. The molecule has 0 aliphatic carbocycles. The number of benzene rings is 2. The predicted octanol–water partition coefficient (Wildman–Crippen LogP) is 5.22. The second kappa shape index (κ2) is 8.99. The van der Waals surface area contributed by atoms with Crippen LogP contribution in [0, 0.1) is 0 Å². The third-order valence-corrected chi connectivity index (χ3v) is 5.27. The first-order valence-electron chi connectivity index (χ1n) is 8.95. The maximum Gasteiger partial charge on any atom is 0.276 e. The lowest BCUT2D eigenvalue weighted by Crippen LogP contribution is -2.20. The van der Waals surface area contributed by atoms with Crippen LogP contribution in [0.25, 0.3) is 11.5 Å². The molecule has 0 amide bonds. The fraction of sp³-hybridized carbons (Fsp3) is 0.333. The quantitative estimate of drug-likeness (QED) is 0.530. The Hall–Kier alpha value is -2.02. The number of ether oxygens (including phenoxy) is 1. The summed E-state index contributed by atoms with van der Waals surface area (Å²) in [4.78, 5) is 0. The Morgan fingerprint density at radius 1 is 1.07 bits per heavy atom. The van der Waals surface area contributed by atoms with Crippen LogP contribution in [0.15, 0.2) is 58.2 Å². The van der Waals surface area contributed by atoms with Crippen LogP contribution < -0.4 is 4.74 Å². The first-order chi connectivity index (χ1) is 13.3. The molecule has 1 N–H and O–H groups in total. The number of halogens is 1. The van der Waals surface area contributed by atoms with Gasteiger partial charge in [-0.1, -0.05) is 56.3 Å². The Labute approximate surface area is 174 Å². The van der Waals surface area contributed by atoms with E-state index in [0.29, 0.717) is 21.9 Å². The Morgan fingerprint density at radius 2 is 1.75 bits per heavy atom.